The Balaban J connectivity index is 3.67. The average molecular weight is 145 g/mol. The van der Waals surface area contributed by atoms with Crippen LogP contribution in [0, 0.1) is 0 Å². The quantitative estimate of drug-likeness (QED) is 0.340. The van der Waals surface area contributed by atoms with Crippen LogP contribution in [0.25, 0.3) is 0 Å². The molecule has 0 aliphatic carbocycles. The fourth-order valence-electron chi connectivity index (χ4n) is 0.284. The number of aliphatic hydroxyl groups is 1. The molecule has 0 bridgehead atoms. The Morgan fingerprint density at radius 1 is 1.40 bits per heavy atom. The van der Waals surface area contributed by atoms with Crippen molar-refractivity contribution in [2.24, 2.45) is 0 Å². The first-order chi connectivity index (χ1) is 4.66. The van der Waals surface area contributed by atoms with Crippen LogP contribution in [0.15, 0.2) is 12.2 Å². The minimum absolute atomic E-state index is 0.497. The van der Waals surface area contributed by atoms with Crippen molar-refractivity contribution in [2.75, 3.05) is 6.73 Å². The minimum Gasteiger partial charge on any atom is -0.478 e. The third-order valence-electron chi connectivity index (χ3n) is 0.631. The summed E-state index contributed by atoms with van der Waals surface area (Å²) in [7, 11) is 0. The highest BCUT2D eigenvalue weighted by Gasteiger charge is 1.92. The summed E-state index contributed by atoms with van der Waals surface area (Å²) in [6.07, 6.45) is 1.50. The second-order valence-electron chi connectivity index (χ2n) is 1.37. The fourth-order valence-corrected chi connectivity index (χ4v) is 0.284. The van der Waals surface area contributed by atoms with Gasteiger partial charge < -0.3 is 15.5 Å². The van der Waals surface area contributed by atoms with Gasteiger partial charge in [0.05, 0.1) is 0 Å². The van der Waals surface area contributed by atoms with Crippen molar-refractivity contribution in [1.29, 1.82) is 0 Å². The third-order valence-corrected chi connectivity index (χ3v) is 0.631. The Labute approximate surface area is 57.0 Å². The molecule has 56 valence electrons. The molecule has 0 fully saturated rings. The largest absolute Gasteiger partial charge is 0.478 e. The zero-order valence-corrected chi connectivity index (χ0v) is 5.07. The second-order valence-corrected chi connectivity index (χ2v) is 1.37. The molecule has 0 aliphatic heterocycles. The zero-order chi connectivity index (χ0) is 7.98. The van der Waals surface area contributed by atoms with Gasteiger partial charge in [0.25, 0.3) is 0 Å². The lowest BCUT2D eigenvalue weighted by atomic mass is 10.5. The summed E-state index contributed by atoms with van der Waals surface area (Å²) >= 11 is 0. The second kappa shape index (κ2) is 4.51. The van der Waals surface area contributed by atoms with Crippen molar-refractivity contribution < 1.29 is 19.8 Å². The fraction of sp³-hybridized carbons (Fsp3) is 0.200. The summed E-state index contributed by atoms with van der Waals surface area (Å²) in [5.74, 6) is -1.84. The van der Waals surface area contributed by atoms with Crippen LogP contribution in [0.4, 0.5) is 0 Å². The molecule has 0 rings (SSSR count). The predicted octanol–water partition coefficient (Wildman–Crippen LogP) is -1.31. The van der Waals surface area contributed by atoms with Gasteiger partial charge >= 0.3 is 5.97 Å². The van der Waals surface area contributed by atoms with Gasteiger partial charge in [-0.1, -0.05) is 0 Å². The van der Waals surface area contributed by atoms with Crippen LogP contribution in [0.5, 0.6) is 0 Å². The molecule has 0 aromatic rings. The molecule has 0 aromatic heterocycles. The predicted molar refractivity (Wildman–Crippen MR) is 32.0 cm³/mol. The van der Waals surface area contributed by atoms with Crippen LogP contribution in [0.3, 0.4) is 0 Å². The molecule has 0 saturated heterocycles. The number of rotatable bonds is 3. The van der Waals surface area contributed by atoms with E-state index in [2.05, 4.69) is 0 Å². The molecule has 0 aromatic carbocycles. The van der Waals surface area contributed by atoms with E-state index in [1.54, 1.807) is 0 Å². The van der Waals surface area contributed by atoms with E-state index in [0.717, 1.165) is 6.08 Å². The molecule has 0 radical (unpaired) electrons. The number of hydrogen-bond donors (Lipinski definition) is 3. The first-order valence-electron chi connectivity index (χ1n) is 2.46. The molecular formula is C5H7NO4. The minimum atomic E-state index is -1.20. The van der Waals surface area contributed by atoms with E-state index in [4.69, 9.17) is 10.2 Å². The van der Waals surface area contributed by atoms with E-state index >= 15 is 0 Å². The van der Waals surface area contributed by atoms with Crippen LogP contribution in [-0.4, -0.2) is 28.8 Å². The number of aliphatic carboxylic acids is 1. The van der Waals surface area contributed by atoms with E-state index < -0.39 is 18.6 Å². The van der Waals surface area contributed by atoms with Crippen molar-refractivity contribution in [3.8, 4) is 0 Å². The number of carboxylic acid groups (broad SMARTS) is 1. The normalized spacial score (nSPS) is 9.70. The third kappa shape index (κ3) is 4.79. The molecular weight excluding hydrogens is 138 g/mol. The summed E-state index contributed by atoms with van der Waals surface area (Å²) < 4.78 is 0. The molecule has 5 nitrogen and oxygen atoms in total. The van der Waals surface area contributed by atoms with E-state index in [0.29, 0.717) is 6.08 Å². The molecule has 0 spiro atoms. The lowest BCUT2D eigenvalue weighted by molar-refractivity contribution is -0.131. The lowest BCUT2D eigenvalue weighted by Gasteiger charge is -1.91. The molecule has 3 N–H and O–H groups in total. The average Bonchev–Trinajstić information content (AvgIpc) is 1.85. The van der Waals surface area contributed by atoms with Crippen LogP contribution < -0.4 is 5.32 Å². The smallest absolute Gasteiger partial charge is 0.328 e. The van der Waals surface area contributed by atoms with Gasteiger partial charge in [-0.15, -0.1) is 0 Å². The van der Waals surface area contributed by atoms with E-state index in [1.807, 2.05) is 5.32 Å². The number of amides is 1. The van der Waals surface area contributed by atoms with Gasteiger partial charge in [-0.25, -0.2) is 4.79 Å². The summed E-state index contributed by atoms with van der Waals surface area (Å²) in [6, 6.07) is 0. The van der Waals surface area contributed by atoms with Crippen LogP contribution in [0.1, 0.15) is 0 Å². The van der Waals surface area contributed by atoms with Crippen molar-refractivity contribution >= 4 is 11.9 Å². The Hall–Kier alpha value is -1.36. The SMILES string of the molecule is O=C(O)C=CC(=O)NCO. The number of carbonyl (C=O) groups excluding carboxylic acids is 1. The van der Waals surface area contributed by atoms with Gasteiger partial charge in [-0.2, -0.15) is 0 Å². The van der Waals surface area contributed by atoms with Gasteiger partial charge in [-0.3, -0.25) is 4.79 Å². The number of nitrogens with one attached hydrogen (secondary N) is 1. The Morgan fingerprint density at radius 2 is 2.00 bits per heavy atom. The highest BCUT2D eigenvalue weighted by Crippen LogP contribution is 1.72. The maximum Gasteiger partial charge on any atom is 0.328 e. The molecule has 0 aliphatic rings. The highest BCUT2D eigenvalue weighted by molar-refractivity contribution is 5.93. The molecule has 5 heteroatoms. The van der Waals surface area contributed by atoms with Crippen molar-refractivity contribution in [3.63, 3.8) is 0 Å². The first kappa shape index (κ1) is 8.64. The monoisotopic (exact) mass is 145 g/mol. The van der Waals surface area contributed by atoms with Crippen molar-refractivity contribution in [2.45, 2.75) is 0 Å². The Kier molecular flexibility index (Phi) is 3.90. The van der Waals surface area contributed by atoms with E-state index in [1.165, 1.54) is 0 Å². The lowest BCUT2D eigenvalue weighted by Crippen LogP contribution is -2.21. The number of hydrogen-bond acceptors (Lipinski definition) is 3. The van der Waals surface area contributed by atoms with Crippen LogP contribution in [0.2, 0.25) is 0 Å². The number of carbonyl (C=O) groups is 2. The van der Waals surface area contributed by atoms with Crippen LogP contribution >= 0.6 is 0 Å². The Morgan fingerprint density at radius 3 is 2.40 bits per heavy atom. The first-order valence-corrected chi connectivity index (χ1v) is 2.46. The highest BCUT2D eigenvalue weighted by atomic mass is 16.4. The summed E-state index contributed by atoms with van der Waals surface area (Å²) in [6.45, 7) is -0.497. The topological polar surface area (TPSA) is 86.6 Å². The molecule has 1 amide bonds. The van der Waals surface area contributed by atoms with Crippen LogP contribution in [-0.2, 0) is 9.59 Å². The van der Waals surface area contributed by atoms with E-state index in [9.17, 15) is 9.59 Å². The molecule has 0 unspecified atom stereocenters. The standard InChI is InChI=1S/C5H7NO4/c7-3-6-4(8)1-2-5(9)10/h1-2,7H,3H2,(H,6,8)(H,9,10). The maximum absolute atomic E-state index is 10.3. The molecule has 0 saturated carbocycles. The summed E-state index contributed by atoms with van der Waals surface area (Å²) in [4.78, 5) is 20.1. The molecule has 10 heavy (non-hydrogen) atoms. The zero-order valence-electron chi connectivity index (χ0n) is 5.07. The molecule has 0 atom stereocenters. The van der Waals surface area contributed by atoms with E-state index in [-0.39, 0.29) is 0 Å². The van der Waals surface area contributed by atoms with Gasteiger partial charge in [-0.05, 0) is 0 Å². The van der Waals surface area contributed by atoms with Gasteiger partial charge in [0.15, 0.2) is 0 Å². The summed E-state index contributed by atoms with van der Waals surface area (Å²) in [5.41, 5.74) is 0. The molecule has 0 heterocycles. The maximum atomic E-state index is 10.3. The van der Waals surface area contributed by atoms with Crippen molar-refractivity contribution in [3.05, 3.63) is 12.2 Å². The van der Waals surface area contributed by atoms with Crippen molar-refractivity contribution in [1.82, 2.24) is 5.32 Å². The van der Waals surface area contributed by atoms with Gasteiger partial charge in [0.2, 0.25) is 5.91 Å². The number of carboxylic acids is 1. The Bertz CT molecular complexity index is 163. The van der Waals surface area contributed by atoms with Gasteiger partial charge in [0, 0.05) is 12.2 Å². The summed E-state index contributed by atoms with van der Waals surface area (Å²) in [5, 5.41) is 18.1. The number of aliphatic hydroxyl groups excluding tert-OH is 1. The van der Waals surface area contributed by atoms with Gasteiger partial charge in [0.1, 0.15) is 6.73 Å².